The van der Waals surface area contributed by atoms with E-state index in [4.69, 9.17) is 0 Å². The molecule has 3 nitrogen and oxygen atoms in total. The van der Waals surface area contributed by atoms with E-state index in [1.165, 1.54) is 16.7 Å². The van der Waals surface area contributed by atoms with Crippen molar-refractivity contribution in [2.75, 3.05) is 19.6 Å². The van der Waals surface area contributed by atoms with Crippen LogP contribution in [-0.4, -0.2) is 30.4 Å². The predicted molar refractivity (Wildman–Crippen MR) is 97.9 cm³/mol. The summed E-state index contributed by atoms with van der Waals surface area (Å²) in [6.07, 6.45) is 2.43. The second-order valence-electron chi connectivity index (χ2n) is 6.39. The molecule has 1 amide bonds. The Morgan fingerprint density at radius 2 is 1.83 bits per heavy atom. The Bertz CT molecular complexity index is 651. The summed E-state index contributed by atoms with van der Waals surface area (Å²) in [5.41, 5.74) is 3.79. The van der Waals surface area contributed by atoms with Gasteiger partial charge in [-0.25, -0.2) is 0 Å². The van der Waals surface area contributed by atoms with Gasteiger partial charge in [0.15, 0.2) is 0 Å². The van der Waals surface area contributed by atoms with Gasteiger partial charge in [-0.15, -0.1) is 0 Å². The largest absolute Gasteiger partial charge is 0.333 e. The van der Waals surface area contributed by atoms with E-state index in [9.17, 15) is 4.79 Å². The van der Waals surface area contributed by atoms with Crippen molar-refractivity contribution in [2.24, 2.45) is 0 Å². The minimum Gasteiger partial charge on any atom is -0.333 e. The highest BCUT2D eigenvalue weighted by atomic mass is 16.2. The summed E-state index contributed by atoms with van der Waals surface area (Å²) >= 11 is 0. The zero-order valence-electron chi connectivity index (χ0n) is 14.4. The van der Waals surface area contributed by atoms with Gasteiger partial charge in [0.25, 0.3) is 0 Å². The summed E-state index contributed by atoms with van der Waals surface area (Å²) in [4.78, 5) is 14.8. The van der Waals surface area contributed by atoms with Crippen LogP contribution in [0.4, 0.5) is 0 Å². The highest BCUT2D eigenvalue weighted by Gasteiger charge is 2.27. The Labute approximate surface area is 144 Å². The second-order valence-corrected chi connectivity index (χ2v) is 6.39. The fourth-order valence-electron chi connectivity index (χ4n) is 3.32. The smallest absolute Gasteiger partial charge is 0.223 e. The van der Waals surface area contributed by atoms with E-state index in [-0.39, 0.29) is 11.9 Å². The number of piperazine rings is 1. The molecular formula is C21H26N2O. The van der Waals surface area contributed by atoms with Crippen LogP contribution in [0.1, 0.15) is 36.1 Å². The molecule has 0 aromatic heterocycles. The number of nitrogens with one attached hydrogen (secondary N) is 1. The zero-order chi connectivity index (χ0) is 16.8. The fraction of sp³-hybridized carbons (Fsp3) is 0.381. The molecule has 126 valence electrons. The normalized spacial score (nSPS) is 17.7. The van der Waals surface area contributed by atoms with E-state index >= 15 is 0 Å². The van der Waals surface area contributed by atoms with E-state index in [2.05, 4.69) is 53.5 Å². The molecule has 0 radical (unpaired) electrons. The first-order valence-corrected chi connectivity index (χ1v) is 8.91. The maximum absolute atomic E-state index is 12.8. The van der Waals surface area contributed by atoms with Crippen LogP contribution in [0.25, 0.3) is 0 Å². The Balaban J connectivity index is 1.67. The number of carbonyl (C=O) groups excluding carboxylic acids is 1. The van der Waals surface area contributed by atoms with Crippen LogP contribution in [0.3, 0.4) is 0 Å². The van der Waals surface area contributed by atoms with Crippen LogP contribution in [0.2, 0.25) is 0 Å². The summed E-state index contributed by atoms with van der Waals surface area (Å²) in [5.74, 6) is 0.255. The highest BCUT2D eigenvalue weighted by molar-refractivity contribution is 5.77. The van der Waals surface area contributed by atoms with E-state index in [1.54, 1.807) is 0 Å². The van der Waals surface area contributed by atoms with Crippen LogP contribution in [0, 0.1) is 0 Å². The van der Waals surface area contributed by atoms with Gasteiger partial charge in [0.05, 0.1) is 6.04 Å². The SMILES string of the molecule is CCc1ccc(C2CNCCN2C(=O)CCc2ccccc2)cc1. The van der Waals surface area contributed by atoms with Gasteiger partial charge in [0.1, 0.15) is 0 Å². The molecule has 1 heterocycles. The first kappa shape index (κ1) is 16.7. The van der Waals surface area contributed by atoms with Gasteiger partial charge in [-0.3, -0.25) is 4.79 Å². The maximum atomic E-state index is 12.8. The standard InChI is InChI=1S/C21H26N2O/c1-2-17-8-11-19(12-9-17)20-16-22-14-15-23(20)21(24)13-10-18-6-4-3-5-7-18/h3-9,11-12,20,22H,2,10,13-16H2,1H3. The Hall–Kier alpha value is -2.13. The molecule has 1 unspecified atom stereocenters. The minimum atomic E-state index is 0.146. The van der Waals surface area contributed by atoms with Gasteiger partial charge in [-0.1, -0.05) is 61.5 Å². The molecule has 1 fully saturated rings. The van der Waals surface area contributed by atoms with Gasteiger partial charge < -0.3 is 10.2 Å². The Morgan fingerprint density at radius 3 is 2.54 bits per heavy atom. The first-order chi connectivity index (χ1) is 11.8. The number of aryl methyl sites for hydroxylation is 2. The number of hydrogen-bond donors (Lipinski definition) is 1. The lowest BCUT2D eigenvalue weighted by atomic mass is 10.00. The minimum absolute atomic E-state index is 0.146. The summed E-state index contributed by atoms with van der Waals surface area (Å²) in [6.45, 7) is 4.66. The molecule has 0 aliphatic carbocycles. The van der Waals surface area contributed by atoms with Crippen LogP contribution in [-0.2, 0) is 17.6 Å². The van der Waals surface area contributed by atoms with Crippen LogP contribution in [0.15, 0.2) is 54.6 Å². The number of rotatable bonds is 5. The van der Waals surface area contributed by atoms with Crippen molar-refractivity contribution in [1.82, 2.24) is 10.2 Å². The molecule has 1 saturated heterocycles. The third-order valence-electron chi connectivity index (χ3n) is 4.81. The van der Waals surface area contributed by atoms with Crippen molar-refractivity contribution in [1.29, 1.82) is 0 Å². The fourth-order valence-corrected chi connectivity index (χ4v) is 3.32. The summed E-state index contributed by atoms with van der Waals surface area (Å²) in [6, 6.07) is 19.1. The zero-order valence-corrected chi connectivity index (χ0v) is 14.4. The van der Waals surface area contributed by atoms with Gasteiger partial charge >= 0.3 is 0 Å². The highest BCUT2D eigenvalue weighted by Crippen LogP contribution is 2.24. The number of carbonyl (C=O) groups is 1. The van der Waals surface area contributed by atoms with Crippen LogP contribution in [0.5, 0.6) is 0 Å². The van der Waals surface area contributed by atoms with Gasteiger partial charge in [-0.05, 0) is 29.5 Å². The molecule has 2 aromatic rings. The lowest BCUT2D eigenvalue weighted by Crippen LogP contribution is -2.48. The van der Waals surface area contributed by atoms with Crippen molar-refractivity contribution in [3.8, 4) is 0 Å². The van der Waals surface area contributed by atoms with Crippen molar-refractivity contribution < 1.29 is 4.79 Å². The molecule has 1 atom stereocenters. The molecule has 3 rings (SSSR count). The summed E-state index contributed by atoms with van der Waals surface area (Å²) in [5, 5.41) is 3.43. The average Bonchev–Trinajstić information content (AvgIpc) is 2.67. The van der Waals surface area contributed by atoms with Gasteiger partial charge in [0, 0.05) is 26.1 Å². The monoisotopic (exact) mass is 322 g/mol. The second kappa shape index (κ2) is 8.11. The van der Waals surface area contributed by atoms with Crippen molar-refractivity contribution >= 4 is 5.91 Å². The van der Waals surface area contributed by atoms with Crippen LogP contribution >= 0.6 is 0 Å². The summed E-state index contributed by atoms with van der Waals surface area (Å²) in [7, 11) is 0. The van der Waals surface area contributed by atoms with E-state index in [0.29, 0.717) is 6.42 Å². The predicted octanol–water partition coefficient (Wildman–Crippen LogP) is 3.35. The summed E-state index contributed by atoms with van der Waals surface area (Å²) < 4.78 is 0. The lowest BCUT2D eigenvalue weighted by molar-refractivity contribution is -0.134. The van der Waals surface area contributed by atoms with Crippen LogP contribution < -0.4 is 5.32 Å². The first-order valence-electron chi connectivity index (χ1n) is 8.91. The lowest BCUT2D eigenvalue weighted by Gasteiger charge is -2.36. The third-order valence-corrected chi connectivity index (χ3v) is 4.81. The van der Waals surface area contributed by atoms with E-state index in [1.807, 2.05) is 18.2 Å². The van der Waals surface area contributed by atoms with Crippen molar-refractivity contribution in [2.45, 2.75) is 32.2 Å². The molecule has 0 spiro atoms. The molecule has 1 N–H and O–H groups in total. The van der Waals surface area contributed by atoms with E-state index < -0.39 is 0 Å². The average molecular weight is 322 g/mol. The molecule has 3 heteroatoms. The topological polar surface area (TPSA) is 32.3 Å². The molecule has 1 aliphatic heterocycles. The molecule has 24 heavy (non-hydrogen) atoms. The number of hydrogen-bond acceptors (Lipinski definition) is 2. The number of nitrogens with zero attached hydrogens (tertiary/aromatic N) is 1. The van der Waals surface area contributed by atoms with Crippen molar-refractivity contribution in [3.63, 3.8) is 0 Å². The Kier molecular flexibility index (Phi) is 5.65. The maximum Gasteiger partial charge on any atom is 0.223 e. The van der Waals surface area contributed by atoms with Gasteiger partial charge in [0.2, 0.25) is 5.91 Å². The molecular weight excluding hydrogens is 296 g/mol. The third kappa shape index (κ3) is 4.04. The quantitative estimate of drug-likeness (QED) is 0.915. The number of benzene rings is 2. The molecule has 2 aromatic carbocycles. The molecule has 0 saturated carbocycles. The van der Waals surface area contributed by atoms with E-state index in [0.717, 1.165) is 32.5 Å². The Morgan fingerprint density at radius 1 is 1.08 bits per heavy atom. The molecule has 0 bridgehead atoms. The number of amides is 1. The molecule has 1 aliphatic rings. The van der Waals surface area contributed by atoms with Gasteiger partial charge in [-0.2, -0.15) is 0 Å². The van der Waals surface area contributed by atoms with Crippen molar-refractivity contribution in [3.05, 3.63) is 71.3 Å².